The van der Waals surface area contributed by atoms with E-state index in [4.69, 9.17) is 5.11 Å². The van der Waals surface area contributed by atoms with Crippen molar-refractivity contribution in [2.75, 3.05) is 10.6 Å². The number of carbonyl (C=O) groups is 3. The fourth-order valence-corrected chi connectivity index (χ4v) is 1.93. The van der Waals surface area contributed by atoms with Gasteiger partial charge < -0.3 is 15.7 Å². The molecule has 0 saturated carbocycles. The van der Waals surface area contributed by atoms with Crippen molar-refractivity contribution >= 4 is 29.2 Å². The quantitative estimate of drug-likeness (QED) is 0.706. The standard InChI is InChI=1S/C17H15FN2O4/c18-12-3-7-14(8-4-12)20-17(24)19-13-5-1-11(2-6-13)15(21)9-10-16(22)23/h1-8H,9-10H2,(H,22,23)(H2,19,20,24). The van der Waals surface area contributed by atoms with Gasteiger partial charge in [0.25, 0.3) is 0 Å². The van der Waals surface area contributed by atoms with Crippen molar-refractivity contribution in [3.8, 4) is 0 Å². The molecule has 6 nitrogen and oxygen atoms in total. The molecule has 0 radical (unpaired) electrons. The summed E-state index contributed by atoms with van der Waals surface area (Å²) >= 11 is 0. The molecule has 0 saturated heterocycles. The van der Waals surface area contributed by atoms with E-state index in [-0.39, 0.29) is 18.6 Å². The second kappa shape index (κ2) is 7.87. The lowest BCUT2D eigenvalue weighted by atomic mass is 10.1. The molecule has 0 fully saturated rings. The third-order valence-corrected chi connectivity index (χ3v) is 3.13. The summed E-state index contributed by atoms with van der Waals surface area (Å²) in [5.41, 5.74) is 1.28. The van der Waals surface area contributed by atoms with Crippen molar-refractivity contribution in [3.05, 3.63) is 59.9 Å². The van der Waals surface area contributed by atoms with Crippen LogP contribution in [0.2, 0.25) is 0 Å². The SMILES string of the molecule is O=C(O)CCC(=O)c1ccc(NC(=O)Nc2ccc(F)cc2)cc1. The van der Waals surface area contributed by atoms with Crippen LogP contribution in [0.5, 0.6) is 0 Å². The molecule has 7 heteroatoms. The summed E-state index contributed by atoms with van der Waals surface area (Å²) in [6.07, 6.45) is -0.300. The van der Waals surface area contributed by atoms with E-state index in [9.17, 15) is 18.8 Å². The van der Waals surface area contributed by atoms with Gasteiger partial charge >= 0.3 is 12.0 Å². The van der Waals surface area contributed by atoms with Gasteiger partial charge in [-0.05, 0) is 48.5 Å². The van der Waals surface area contributed by atoms with E-state index in [0.717, 1.165) is 0 Å². The van der Waals surface area contributed by atoms with Gasteiger partial charge in [0.2, 0.25) is 0 Å². The number of hydrogen-bond acceptors (Lipinski definition) is 3. The molecule has 124 valence electrons. The Morgan fingerprint density at radius 1 is 0.833 bits per heavy atom. The van der Waals surface area contributed by atoms with Gasteiger partial charge in [0.05, 0.1) is 6.42 Å². The topological polar surface area (TPSA) is 95.5 Å². The third-order valence-electron chi connectivity index (χ3n) is 3.13. The maximum Gasteiger partial charge on any atom is 0.323 e. The highest BCUT2D eigenvalue weighted by atomic mass is 19.1. The van der Waals surface area contributed by atoms with Crippen LogP contribution in [0.3, 0.4) is 0 Å². The first-order valence-electron chi connectivity index (χ1n) is 7.12. The highest BCUT2D eigenvalue weighted by molar-refractivity contribution is 6.01. The second-order valence-corrected chi connectivity index (χ2v) is 4.98. The van der Waals surface area contributed by atoms with Gasteiger partial charge in [-0.1, -0.05) is 0 Å². The van der Waals surface area contributed by atoms with Crippen LogP contribution in [-0.4, -0.2) is 22.9 Å². The predicted octanol–water partition coefficient (Wildman–Crippen LogP) is 3.52. The van der Waals surface area contributed by atoms with E-state index >= 15 is 0 Å². The molecule has 0 aliphatic carbocycles. The number of Topliss-reactive ketones (excluding diaryl/α,β-unsaturated/α-hetero) is 1. The molecular weight excluding hydrogens is 315 g/mol. The monoisotopic (exact) mass is 330 g/mol. The minimum absolute atomic E-state index is 0.0762. The normalized spacial score (nSPS) is 10.0. The highest BCUT2D eigenvalue weighted by Crippen LogP contribution is 2.13. The summed E-state index contributed by atoms with van der Waals surface area (Å²) in [4.78, 5) is 34.0. The fourth-order valence-electron chi connectivity index (χ4n) is 1.93. The lowest BCUT2D eigenvalue weighted by Gasteiger charge is -2.08. The largest absolute Gasteiger partial charge is 0.481 e. The molecule has 2 rings (SSSR count). The van der Waals surface area contributed by atoms with Crippen LogP contribution in [0.15, 0.2) is 48.5 Å². The van der Waals surface area contributed by atoms with Crippen LogP contribution in [0.25, 0.3) is 0 Å². The molecule has 2 aromatic carbocycles. The maximum atomic E-state index is 12.8. The van der Waals surface area contributed by atoms with Crippen LogP contribution in [0.4, 0.5) is 20.6 Å². The Labute approximate surface area is 137 Å². The van der Waals surface area contributed by atoms with E-state index in [0.29, 0.717) is 16.9 Å². The summed E-state index contributed by atoms with van der Waals surface area (Å²) in [6.45, 7) is 0. The molecule has 3 N–H and O–H groups in total. The van der Waals surface area contributed by atoms with Crippen molar-refractivity contribution < 1.29 is 23.9 Å². The number of amides is 2. The Balaban J connectivity index is 1.91. The first-order valence-corrected chi connectivity index (χ1v) is 7.12. The minimum atomic E-state index is -1.03. The molecule has 0 spiro atoms. The zero-order valence-corrected chi connectivity index (χ0v) is 12.6. The Morgan fingerprint density at radius 2 is 1.33 bits per heavy atom. The van der Waals surface area contributed by atoms with Crippen molar-refractivity contribution in [2.24, 2.45) is 0 Å². The first kappa shape index (κ1) is 17.1. The lowest BCUT2D eigenvalue weighted by molar-refractivity contribution is -0.136. The van der Waals surface area contributed by atoms with Gasteiger partial charge in [0.1, 0.15) is 5.82 Å². The molecule has 0 aliphatic rings. The Morgan fingerprint density at radius 3 is 1.83 bits per heavy atom. The maximum absolute atomic E-state index is 12.8. The van der Waals surface area contributed by atoms with Gasteiger partial charge in [-0.15, -0.1) is 0 Å². The number of carbonyl (C=O) groups excluding carboxylic acids is 2. The molecule has 0 heterocycles. The molecule has 0 atom stereocenters. The Bertz CT molecular complexity index is 742. The number of halogens is 1. The summed E-state index contributed by atoms with van der Waals surface area (Å²) < 4.78 is 12.8. The van der Waals surface area contributed by atoms with Crippen LogP contribution >= 0.6 is 0 Å². The molecular formula is C17H15FN2O4. The van der Waals surface area contributed by atoms with Crippen LogP contribution < -0.4 is 10.6 Å². The fraction of sp³-hybridized carbons (Fsp3) is 0.118. The number of aliphatic carboxylic acids is 1. The van der Waals surface area contributed by atoms with Crippen LogP contribution in [0.1, 0.15) is 23.2 Å². The number of benzene rings is 2. The zero-order valence-electron chi connectivity index (χ0n) is 12.6. The minimum Gasteiger partial charge on any atom is -0.481 e. The highest BCUT2D eigenvalue weighted by Gasteiger charge is 2.09. The predicted molar refractivity (Wildman–Crippen MR) is 86.7 cm³/mol. The van der Waals surface area contributed by atoms with Gasteiger partial charge in [-0.3, -0.25) is 9.59 Å². The van der Waals surface area contributed by atoms with Gasteiger partial charge in [-0.25, -0.2) is 9.18 Å². The average Bonchev–Trinajstić information content (AvgIpc) is 2.55. The van der Waals surface area contributed by atoms with Crippen LogP contribution in [0, 0.1) is 5.82 Å². The van der Waals surface area contributed by atoms with Gasteiger partial charge in [-0.2, -0.15) is 0 Å². The molecule has 24 heavy (non-hydrogen) atoms. The average molecular weight is 330 g/mol. The molecule has 0 unspecified atom stereocenters. The van der Waals surface area contributed by atoms with Crippen molar-refractivity contribution in [1.82, 2.24) is 0 Å². The zero-order chi connectivity index (χ0) is 17.5. The molecule has 2 amide bonds. The van der Waals surface area contributed by atoms with Crippen LogP contribution in [-0.2, 0) is 4.79 Å². The van der Waals surface area contributed by atoms with E-state index in [2.05, 4.69) is 10.6 Å². The molecule has 0 aliphatic heterocycles. The van der Waals surface area contributed by atoms with Crippen molar-refractivity contribution in [3.63, 3.8) is 0 Å². The lowest BCUT2D eigenvalue weighted by Crippen LogP contribution is -2.19. The Kier molecular flexibility index (Phi) is 5.62. The number of carboxylic acid groups (broad SMARTS) is 1. The number of nitrogens with one attached hydrogen (secondary N) is 2. The van der Waals surface area contributed by atoms with Crippen molar-refractivity contribution in [1.29, 1.82) is 0 Å². The van der Waals surface area contributed by atoms with E-state index in [1.165, 1.54) is 48.5 Å². The smallest absolute Gasteiger partial charge is 0.323 e. The van der Waals surface area contributed by atoms with Gasteiger partial charge in [0, 0.05) is 23.4 Å². The molecule has 0 aromatic heterocycles. The Hall–Kier alpha value is -3.22. The van der Waals surface area contributed by atoms with E-state index in [1.807, 2.05) is 0 Å². The first-order chi connectivity index (χ1) is 11.4. The number of anilines is 2. The number of urea groups is 1. The van der Waals surface area contributed by atoms with E-state index < -0.39 is 17.8 Å². The second-order valence-electron chi connectivity index (χ2n) is 4.98. The third kappa shape index (κ3) is 5.20. The summed E-state index contributed by atoms with van der Waals surface area (Å²) in [5.74, 6) is -1.71. The summed E-state index contributed by atoms with van der Waals surface area (Å²) in [5, 5.41) is 13.7. The summed E-state index contributed by atoms with van der Waals surface area (Å²) in [7, 11) is 0. The van der Waals surface area contributed by atoms with Crippen molar-refractivity contribution in [2.45, 2.75) is 12.8 Å². The van der Waals surface area contributed by atoms with Gasteiger partial charge in [0.15, 0.2) is 5.78 Å². The molecule has 2 aromatic rings. The number of ketones is 1. The number of hydrogen-bond donors (Lipinski definition) is 3. The van der Waals surface area contributed by atoms with E-state index in [1.54, 1.807) is 0 Å². The summed E-state index contributed by atoms with van der Waals surface area (Å²) in [6, 6.07) is 10.9. The number of carboxylic acids is 1. The number of rotatable bonds is 6. The molecule has 0 bridgehead atoms.